The molecule has 2 aliphatic rings. The van der Waals surface area contributed by atoms with Crippen LogP contribution in [-0.2, 0) is 5.41 Å². The van der Waals surface area contributed by atoms with E-state index in [0.717, 1.165) is 55.9 Å². The van der Waals surface area contributed by atoms with Crippen LogP contribution in [0.5, 0.6) is 0 Å². The van der Waals surface area contributed by atoms with Crippen LogP contribution in [0.4, 0.5) is 0 Å². The van der Waals surface area contributed by atoms with Crippen molar-refractivity contribution in [2.45, 2.75) is 15.2 Å². The van der Waals surface area contributed by atoms with Crippen LogP contribution < -0.4 is 0 Å². The predicted molar refractivity (Wildman–Crippen MR) is 235 cm³/mol. The van der Waals surface area contributed by atoms with Gasteiger partial charge in [0, 0.05) is 26.5 Å². The van der Waals surface area contributed by atoms with Gasteiger partial charge in [0.15, 0.2) is 5.82 Å². The van der Waals surface area contributed by atoms with Crippen LogP contribution >= 0.6 is 11.8 Å². The highest BCUT2D eigenvalue weighted by Gasteiger charge is 2.51. The highest BCUT2D eigenvalue weighted by molar-refractivity contribution is 7.99. The lowest BCUT2D eigenvalue weighted by Gasteiger charge is -2.39. The van der Waals surface area contributed by atoms with Crippen LogP contribution in [0.1, 0.15) is 27.8 Å². The van der Waals surface area contributed by atoms with Crippen molar-refractivity contribution in [1.82, 2.24) is 9.97 Å². The van der Waals surface area contributed by atoms with E-state index >= 15 is 0 Å². The number of fused-ring (bicyclic) bond motifs is 9. The molecule has 4 heteroatoms. The molecule has 0 radical (unpaired) electrons. The third-order valence-corrected chi connectivity index (χ3v) is 12.8. The zero-order chi connectivity index (χ0) is 38.6. The van der Waals surface area contributed by atoms with Gasteiger partial charge >= 0.3 is 0 Å². The SMILES string of the molecule is N#Cc1ccc(-c2ccc(-c3cccc4c3-c3c(-c5nc(-c6ccccc6)cc(-c6ccccc6)n5)cccc3C43c4ccccc4Sc4ccccc43)cc2)cc1. The first kappa shape index (κ1) is 34.0. The van der Waals surface area contributed by atoms with Crippen LogP contribution in [0.25, 0.3) is 67.3 Å². The van der Waals surface area contributed by atoms with Crippen molar-refractivity contribution in [3.63, 3.8) is 0 Å². The minimum Gasteiger partial charge on any atom is -0.228 e. The molecule has 0 atom stereocenters. The topological polar surface area (TPSA) is 49.6 Å². The summed E-state index contributed by atoms with van der Waals surface area (Å²) in [7, 11) is 0. The summed E-state index contributed by atoms with van der Waals surface area (Å²) in [5, 5.41) is 9.37. The smallest absolute Gasteiger partial charge is 0.161 e. The van der Waals surface area contributed by atoms with E-state index in [9.17, 15) is 5.26 Å². The first-order valence-electron chi connectivity index (χ1n) is 19.5. The van der Waals surface area contributed by atoms with Gasteiger partial charge in [0.25, 0.3) is 0 Å². The number of hydrogen-bond donors (Lipinski definition) is 0. The van der Waals surface area contributed by atoms with Crippen molar-refractivity contribution in [3.8, 4) is 73.4 Å². The highest BCUT2D eigenvalue weighted by atomic mass is 32.2. The van der Waals surface area contributed by atoms with Gasteiger partial charge in [-0.05, 0) is 86.0 Å². The molecule has 0 amide bonds. The summed E-state index contributed by atoms with van der Waals surface area (Å²) < 4.78 is 0. The van der Waals surface area contributed by atoms with Gasteiger partial charge < -0.3 is 0 Å². The molecule has 1 aliphatic carbocycles. The molecule has 1 spiro atoms. The van der Waals surface area contributed by atoms with Gasteiger partial charge in [0.1, 0.15) is 0 Å². The number of benzene rings is 8. The lowest BCUT2D eigenvalue weighted by atomic mass is 9.67. The fourth-order valence-electron chi connectivity index (χ4n) is 9.08. The van der Waals surface area contributed by atoms with Crippen molar-refractivity contribution >= 4 is 11.8 Å². The van der Waals surface area contributed by atoms with Crippen molar-refractivity contribution < 1.29 is 0 Å². The maximum absolute atomic E-state index is 9.37. The van der Waals surface area contributed by atoms with E-state index in [2.05, 4.69) is 170 Å². The third kappa shape index (κ3) is 5.29. The lowest BCUT2D eigenvalue weighted by Crippen LogP contribution is -2.31. The first-order valence-corrected chi connectivity index (χ1v) is 20.3. The maximum Gasteiger partial charge on any atom is 0.161 e. The monoisotopic (exact) mass is 755 g/mol. The summed E-state index contributed by atoms with van der Waals surface area (Å²) in [5.74, 6) is 0.692. The number of hydrogen-bond acceptors (Lipinski definition) is 4. The van der Waals surface area contributed by atoms with Gasteiger partial charge in [-0.3, -0.25) is 0 Å². The van der Waals surface area contributed by atoms with E-state index in [1.165, 1.54) is 37.6 Å². The van der Waals surface area contributed by atoms with Crippen LogP contribution in [0.3, 0.4) is 0 Å². The van der Waals surface area contributed by atoms with E-state index in [1.54, 1.807) is 0 Å². The maximum atomic E-state index is 9.37. The zero-order valence-electron chi connectivity index (χ0n) is 31.3. The molecule has 0 bridgehead atoms. The van der Waals surface area contributed by atoms with E-state index in [4.69, 9.17) is 9.97 Å². The van der Waals surface area contributed by atoms with E-state index < -0.39 is 5.41 Å². The summed E-state index contributed by atoms with van der Waals surface area (Å²) in [5.41, 5.74) is 16.8. The van der Waals surface area contributed by atoms with Gasteiger partial charge in [0.2, 0.25) is 0 Å². The molecule has 0 saturated heterocycles. The minimum atomic E-state index is -0.573. The first-order chi connectivity index (χ1) is 28.7. The quantitative estimate of drug-likeness (QED) is 0.175. The summed E-state index contributed by atoms with van der Waals surface area (Å²) >= 11 is 1.85. The number of aromatic nitrogens is 2. The fourth-order valence-corrected chi connectivity index (χ4v) is 10.3. The second-order valence-electron chi connectivity index (χ2n) is 14.8. The molecule has 2 heterocycles. The summed E-state index contributed by atoms with van der Waals surface area (Å²) in [6.45, 7) is 0. The molecule has 0 unspecified atom stereocenters. The normalized spacial score (nSPS) is 12.9. The highest BCUT2D eigenvalue weighted by Crippen LogP contribution is 2.64. The molecule has 0 N–H and O–H groups in total. The average molecular weight is 756 g/mol. The van der Waals surface area contributed by atoms with Crippen molar-refractivity contribution in [3.05, 3.63) is 228 Å². The average Bonchev–Trinajstić information content (AvgIpc) is 3.60. The van der Waals surface area contributed by atoms with E-state index in [1.807, 2.05) is 48.2 Å². The van der Waals surface area contributed by atoms with E-state index in [-0.39, 0.29) is 0 Å². The standard InChI is InChI=1S/C54H33N3S/c55-34-35-25-27-36(28-26-35)37-29-31-38(32-30-37)41-17-11-21-45-51(41)52-42(53-56-47(39-13-3-1-4-14-39)33-48(57-53)40-15-5-2-6-16-40)18-12-22-46(52)54(45)43-19-7-9-23-49(43)58-50-24-10-8-20-44(50)54/h1-33H. The van der Waals surface area contributed by atoms with Crippen LogP contribution in [0.2, 0.25) is 0 Å². The van der Waals surface area contributed by atoms with Crippen molar-refractivity contribution in [1.29, 1.82) is 5.26 Å². The minimum absolute atomic E-state index is 0.573. The van der Waals surface area contributed by atoms with Gasteiger partial charge in [-0.2, -0.15) is 5.26 Å². The third-order valence-electron chi connectivity index (χ3n) is 11.6. The molecule has 1 aliphatic heterocycles. The Morgan fingerprint density at radius 3 is 1.40 bits per heavy atom. The summed E-state index contributed by atoms with van der Waals surface area (Å²) in [6, 6.07) is 73.2. The van der Waals surface area contributed by atoms with Crippen molar-refractivity contribution in [2.75, 3.05) is 0 Å². The second-order valence-corrected chi connectivity index (χ2v) is 15.8. The molecule has 0 fully saturated rings. The van der Waals surface area contributed by atoms with E-state index in [0.29, 0.717) is 11.4 Å². The molecule has 270 valence electrons. The summed E-state index contributed by atoms with van der Waals surface area (Å²) in [6.07, 6.45) is 0. The molecule has 11 rings (SSSR count). The van der Waals surface area contributed by atoms with Gasteiger partial charge in [0.05, 0.1) is 28.4 Å². The number of rotatable bonds is 5. The van der Waals surface area contributed by atoms with Crippen LogP contribution in [0.15, 0.2) is 210 Å². The van der Waals surface area contributed by atoms with Gasteiger partial charge in [-0.25, -0.2) is 9.97 Å². The molecule has 58 heavy (non-hydrogen) atoms. The molecule has 0 saturated carbocycles. The molecule has 3 nitrogen and oxygen atoms in total. The number of nitriles is 1. The lowest BCUT2D eigenvalue weighted by molar-refractivity contribution is 0.722. The molecular weight excluding hydrogens is 723 g/mol. The van der Waals surface area contributed by atoms with Gasteiger partial charge in [-0.15, -0.1) is 0 Å². The predicted octanol–water partition coefficient (Wildman–Crippen LogP) is 13.5. The number of nitrogens with zero attached hydrogens (tertiary/aromatic N) is 3. The Balaban J connectivity index is 1.21. The molecule has 1 aromatic heterocycles. The Hall–Kier alpha value is -7.32. The molecule has 9 aromatic rings. The van der Waals surface area contributed by atoms with Crippen molar-refractivity contribution in [2.24, 2.45) is 0 Å². The Morgan fingerprint density at radius 1 is 0.397 bits per heavy atom. The Kier molecular flexibility index (Phi) is 8.03. The zero-order valence-corrected chi connectivity index (χ0v) is 32.1. The van der Waals surface area contributed by atoms with Gasteiger partial charge in [-0.1, -0.05) is 182 Å². The van der Waals surface area contributed by atoms with Crippen LogP contribution in [0, 0.1) is 11.3 Å². The molecule has 8 aromatic carbocycles. The largest absolute Gasteiger partial charge is 0.228 e. The summed E-state index contributed by atoms with van der Waals surface area (Å²) in [4.78, 5) is 13.3. The Labute approximate surface area is 342 Å². The van der Waals surface area contributed by atoms with Crippen LogP contribution in [-0.4, -0.2) is 9.97 Å². The Bertz CT molecular complexity index is 2970. The Morgan fingerprint density at radius 2 is 0.845 bits per heavy atom. The fraction of sp³-hybridized carbons (Fsp3) is 0.0185. The molecular formula is C54H33N3S. The second kappa shape index (κ2) is 13.7.